The Balaban J connectivity index is 2.30. The average Bonchev–Trinajstić information content (AvgIpc) is 2.74. The molecule has 3 heteroatoms. The molecular weight excluding hydrogens is 246 g/mol. The number of likely N-dealkylation sites (N-methyl/N-ethyl adjacent to an activating group) is 1. The predicted molar refractivity (Wildman–Crippen MR) is 85.2 cm³/mol. The van der Waals surface area contributed by atoms with Gasteiger partial charge in [-0.25, -0.2) is 0 Å². The Kier molecular flexibility index (Phi) is 5.25. The molecule has 0 radical (unpaired) electrons. The van der Waals surface area contributed by atoms with Crippen molar-refractivity contribution in [1.82, 2.24) is 15.1 Å². The molecule has 3 unspecified atom stereocenters. The van der Waals surface area contributed by atoms with Crippen molar-refractivity contribution in [3.05, 3.63) is 17.0 Å². The molecule has 0 bridgehead atoms. The number of hydrogen-bond donors (Lipinski definition) is 1. The highest BCUT2D eigenvalue weighted by Gasteiger charge is 2.32. The fourth-order valence-electron chi connectivity index (χ4n) is 3.90. The molecule has 0 spiro atoms. The lowest BCUT2D eigenvalue weighted by Gasteiger charge is -2.37. The summed E-state index contributed by atoms with van der Waals surface area (Å²) in [6.07, 6.45) is 6.32. The predicted octanol–water partition coefficient (Wildman–Crippen LogP) is 3.79. The molecule has 1 aliphatic carbocycles. The van der Waals surface area contributed by atoms with E-state index in [1.54, 1.807) is 0 Å². The molecule has 1 aromatic rings. The van der Waals surface area contributed by atoms with E-state index in [-0.39, 0.29) is 0 Å². The third kappa shape index (κ3) is 2.93. The minimum atomic E-state index is 0.535. The average molecular weight is 277 g/mol. The van der Waals surface area contributed by atoms with Crippen LogP contribution in [0, 0.1) is 19.8 Å². The van der Waals surface area contributed by atoms with Gasteiger partial charge in [0.05, 0.1) is 11.7 Å². The Bertz CT molecular complexity index is 436. The molecule has 3 nitrogen and oxygen atoms in total. The number of rotatable bonds is 5. The fourth-order valence-corrected chi connectivity index (χ4v) is 3.90. The van der Waals surface area contributed by atoms with Crippen molar-refractivity contribution in [3.63, 3.8) is 0 Å². The highest BCUT2D eigenvalue weighted by atomic mass is 15.3. The van der Waals surface area contributed by atoms with Crippen LogP contribution in [-0.2, 0) is 6.42 Å². The van der Waals surface area contributed by atoms with E-state index in [9.17, 15) is 0 Å². The minimum Gasteiger partial charge on any atom is -0.312 e. The van der Waals surface area contributed by atoms with Gasteiger partial charge < -0.3 is 5.32 Å². The number of nitrogens with zero attached hydrogens (tertiary/aromatic N) is 2. The number of aryl methyl sites for hydroxylation is 1. The quantitative estimate of drug-likeness (QED) is 0.887. The maximum atomic E-state index is 4.88. The smallest absolute Gasteiger partial charge is 0.0678 e. The Morgan fingerprint density at radius 3 is 2.50 bits per heavy atom. The topological polar surface area (TPSA) is 29.9 Å². The molecule has 1 aliphatic rings. The van der Waals surface area contributed by atoms with Crippen molar-refractivity contribution < 1.29 is 0 Å². The van der Waals surface area contributed by atoms with Gasteiger partial charge in [-0.3, -0.25) is 4.68 Å². The van der Waals surface area contributed by atoms with E-state index in [2.05, 4.69) is 44.6 Å². The molecule has 20 heavy (non-hydrogen) atoms. The summed E-state index contributed by atoms with van der Waals surface area (Å²) in [4.78, 5) is 0. The summed E-state index contributed by atoms with van der Waals surface area (Å²) >= 11 is 0. The molecule has 3 atom stereocenters. The Morgan fingerprint density at radius 2 is 1.95 bits per heavy atom. The van der Waals surface area contributed by atoms with Crippen molar-refractivity contribution >= 4 is 0 Å². The Hall–Kier alpha value is -0.830. The Morgan fingerprint density at radius 1 is 1.20 bits per heavy atom. The van der Waals surface area contributed by atoms with Crippen LogP contribution in [0.2, 0.25) is 0 Å². The first-order valence-corrected chi connectivity index (χ1v) is 8.40. The van der Waals surface area contributed by atoms with E-state index in [1.165, 1.54) is 42.6 Å². The van der Waals surface area contributed by atoms with Gasteiger partial charge in [0.1, 0.15) is 0 Å². The highest BCUT2D eigenvalue weighted by Crippen LogP contribution is 2.35. The Labute approximate surface area is 124 Å². The van der Waals surface area contributed by atoms with Gasteiger partial charge in [0.2, 0.25) is 0 Å². The zero-order valence-electron chi connectivity index (χ0n) is 13.9. The lowest BCUT2D eigenvalue weighted by Crippen LogP contribution is -2.42. The van der Waals surface area contributed by atoms with Crippen molar-refractivity contribution in [3.8, 4) is 0 Å². The van der Waals surface area contributed by atoms with Crippen LogP contribution < -0.4 is 5.32 Å². The molecule has 0 saturated heterocycles. The van der Waals surface area contributed by atoms with Gasteiger partial charge in [-0.1, -0.05) is 27.2 Å². The lowest BCUT2D eigenvalue weighted by molar-refractivity contribution is 0.190. The molecular formula is C17H31N3. The molecule has 0 amide bonds. The molecule has 114 valence electrons. The van der Waals surface area contributed by atoms with Crippen LogP contribution in [0.15, 0.2) is 0 Å². The van der Waals surface area contributed by atoms with E-state index in [1.807, 2.05) is 0 Å². The first-order valence-electron chi connectivity index (χ1n) is 8.40. The van der Waals surface area contributed by atoms with E-state index in [4.69, 9.17) is 5.10 Å². The second-order valence-electron chi connectivity index (χ2n) is 6.27. The van der Waals surface area contributed by atoms with E-state index in [0.29, 0.717) is 12.1 Å². The van der Waals surface area contributed by atoms with Crippen LogP contribution in [0.3, 0.4) is 0 Å². The second kappa shape index (κ2) is 6.75. The third-order valence-electron chi connectivity index (χ3n) is 5.11. The zero-order chi connectivity index (χ0) is 14.7. The summed E-state index contributed by atoms with van der Waals surface area (Å²) in [6, 6.07) is 1.12. The lowest BCUT2D eigenvalue weighted by atomic mass is 9.81. The SMILES string of the molecule is CCNC1CCC(CC)CC1n1nc(C)c(CC)c1C. The third-order valence-corrected chi connectivity index (χ3v) is 5.11. The van der Waals surface area contributed by atoms with Gasteiger partial charge >= 0.3 is 0 Å². The van der Waals surface area contributed by atoms with Gasteiger partial charge in [-0.05, 0) is 57.6 Å². The maximum absolute atomic E-state index is 4.88. The van der Waals surface area contributed by atoms with Crippen molar-refractivity contribution in [2.75, 3.05) is 6.54 Å². The van der Waals surface area contributed by atoms with Crippen LogP contribution in [0.1, 0.15) is 69.4 Å². The summed E-state index contributed by atoms with van der Waals surface area (Å²) in [6.45, 7) is 12.2. The van der Waals surface area contributed by atoms with E-state index < -0.39 is 0 Å². The molecule has 0 aliphatic heterocycles. The van der Waals surface area contributed by atoms with Crippen molar-refractivity contribution in [2.45, 2.75) is 78.8 Å². The first-order chi connectivity index (χ1) is 9.62. The normalized spacial score (nSPS) is 26.9. The maximum Gasteiger partial charge on any atom is 0.0678 e. The van der Waals surface area contributed by atoms with E-state index in [0.717, 1.165) is 18.9 Å². The number of nitrogens with one attached hydrogen (secondary N) is 1. The monoisotopic (exact) mass is 277 g/mol. The summed E-state index contributed by atoms with van der Waals surface area (Å²) < 4.78 is 2.34. The van der Waals surface area contributed by atoms with Crippen LogP contribution in [0.25, 0.3) is 0 Å². The molecule has 1 aromatic heterocycles. The molecule has 2 rings (SSSR count). The molecule has 1 heterocycles. The summed E-state index contributed by atoms with van der Waals surface area (Å²) in [5.74, 6) is 0.865. The molecule has 1 fully saturated rings. The largest absolute Gasteiger partial charge is 0.312 e. The summed E-state index contributed by atoms with van der Waals surface area (Å²) in [5, 5.41) is 8.57. The zero-order valence-corrected chi connectivity index (χ0v) is 13.9. The van der Waals surface area contributed by atoms with Crippen LogP contribution in [-0.4, -0.2) is 22.4 Å². The van der Waals surface area contributed by atoms with Crippen LogP contribution >= 0.6 is 0 Å². The van der Waals surface area contributed by atoms with Gasteiger partial charge in [0.15, 0.2) is 0 Å². The number of hydrogen-bond acceptors (Lipinski definition) is 2. The molecule has 1 saturated carbocycles. The van der Waals surface area contributed by atoms with Gasteiger partial charge in [0, 0.05) is 11.7 Å². The second-order valence-corrected chi connectivity index (χ2v) is 6.27. The van der Waals surface area contributed by atoms with Crippen molar-refractivity contribution in [2.24, 2.45) is 5.92 Å². The highest BCUT2D eigenvalue weighted by molar-refractivity contribution is 5.25. The minimum absolute atomic E-state index is 0.535. The van der Waals surface area contributed by atoms with Gasteiger partial charge in [-0.15, -0.1) is 0 Å². The van der Waals surface area contributed by atoms with Crippen LogP contribution in [0.5, 0.6) is 0 Å². The molecule has 1 N–H and O–H groups in total. The van der Waals surface area contributed by atoms with Crippen molar-refractivity contribution in [1.29, 1.82) is 0 Å². The van der Waals surface area contributed by atoms with Gasteiger partial charge in [0.25, 0.3) is 0 Å². The van der Waals surface area contributed by atoms with Gasteiger partial charge in [-0.2, -0.15) is 5.10 Å². The van der Waals surface area contributed by atoms with Crippen LogP contribution in [0.4, 0.5) is 0 Å². The molecule has 0 aromatic carbocycles. The first kappa shape index (κ1) is 15.6. The van der Waals surface area contributed by atoms with E-state index >= 15 is 0 Å². The summed E-state index contributed by atoms with van der Waals surface area (Å²) in [7, 11) is 0. The summed E-state index contributed by atoms with van der Waals surface area (Å²) in [5.41, 5.74) is 4.05. The standard InChI is InChI=1S/C17H31N3/c1-6-14-9-10-16(18-8-3)17(11-14)20-13(5)15(7-2)12(4)19-20/h14,16-18H,6-11H2,1-5H3. The fraction of sp³-hybridized carbons (Fsp3) is 0.824. The number of aromatic nitrogens is 2.